The van der Waals surface area contributed by atoms with E-state index >= 15 is 0 Å². The van der Waals surface area contributed by atoms with Gasteiger partial charge < -0.3 is 0 Å². The summed E-state index contributed by atoms with van der Waals surface area (Å²) in [7, 11) is 0. The van der Waals surface area contributed by atoms with E-state index in [1.165, 1.54) is 11.3 Å². The van der Waals surface area contributed by atoms with E-state index in [0.29, 0.717) is 10.7 Å². The van der Waals surface area contributed by atoms with Crippen LogP contribution in [0.25, 0.3) is 20.7 Å². The molecule has 108 valence electrons. The number of nitrogens with one attached hydrogen (secondary N) is 1. The Bertz CT molecular complexity index is 937. The molecule has 0 aliphatic heterocycles. The summed E-state index contributed by atoms with van der Waals surface area (Å²) in [5, 5.41) is 10.4. The predicted octanol–water partition coefficient (Wildman–Crippen LogP) is 5.34. The Morgan fingerprint density at radius 2 is 1.91 bits per heavy atom. The number of rotatable bonds is 3. The third-order valence-corrected chi connectivity index (χ3v) is 5.84. The van der Waals surface area contributed by atoms with Crippen molar-refractivity contribution >= 4 is 55.1 Å². The molecular weight excluding hydrogens is 332 g/mol. The molecule has 6 heteroatoms. The predicted molar refractivity (Wildman–Crippen MR) is 95.2 cm³/mol. The molecule has 0 fully saturated rings. The summed E-state index contributed by atoms with van der Waals surface area (Å²) in [5.41, 5.74) is 1.61. The van der Waals surface area contributed by atoms with Gasteiger partial charge in [-0.3, -0.25) is 10.1 Å². The summed E-state index contributed by atoms with van der Waals surface area (Å²) >= 11 is 4.67. The van der Waals surface area contributed by atoms with Crippen molar-refractivity contribution in [1.29, 1.82) is 0 Å². The molecule has 3 heterocycles. The molecule has 0 saturated heterocycles. The van der Waals surface area contributed by atoms with E-state index in [-0.39, 0.29) is 5.91 Å². The van der Waals surface area contributed by atoms with E-state index in [9.17, 15) is 4.79 Å². The second-order valence-corrected chi connectivity index (χ2v) is 7.33. The van der Waals surface area contributed by atoms with Crippen molar-refractivity contribution in [3.63, 3.8) is 0 Å². The molecule has 0 spiro atoms. The van der Waals surface area contributed by atoms with Gasteiger partial charge in [-0.2, -0.15) is 0 Å². The topological polar surface area (TPSA) is 42.0 Å². The van der Waals surface area contributed by atoms with Gasteiger partial charge in [0.2, 0.25) is 0 Å². The molecule has 4 rings (SSSR count). The van der Waals surface area contributed by atoms with Gasteiger partial charge in [-0.25, -0.2) is 4.98 Å². The molecule has 1 N–H and O–H groups in total. The van der Waals surface area contributed by atoms with Crippen LogP contribution < -0.4 is 5.32 Å². The summed E-state index contributed by atoms with van der Waals surface area (Å²) in [4.78, 5) is 18.0. The lowest BCUT2D eigenvalue weighted by atomic mass is 10.2. The molecular formula is C16H10N2OS3. The first-order valence-electron chi connectivity index (χ1n) is 6.58. The van der Waals surface area contributed by atoms with Gasteiger partial charge in [0.1, 0.15) is 0 Å². The number of hydrogen-bond acceptors (Lipinski definition) is 5. The second kappa shape index (κ2) is 5.64. The Hall–Kier alpha value is -2.02. The number of thiophene rings is 2. The molecule has 0 atom stereocenters. The van der Waals surface area contributed by atoms with Gasteiger partial charge in [0, 0.05) is 20.8 Å². The van der Waals surface area contributed by atoms with Gasteiger partial charge in [-0.15, -0.1) is 34.0 Å². The maximum atomic E-state index is 12.4. The molecule has 0 aliphatic carbocycles. The van der Waals surface area contributed by atoms with Gasteiger partial charge in [0.15, 0.2) is 5.13 Å². The highest BCUT2D eigenvalue weighted by molar-refractivity contribution is 7.17. The highest BCUT2D eigenvalue weighted by atomic mass is 32.1. The standard InChI is InChI=1S/C16H10N2OS3/c19-15(11-8-21-13-5-2-1-4-10(11)13)18-16-17-12(9-22-16)14-6-3-7-20-14/h1-9H,(H,17,18,19). The van der Waals surface area contributed by atoms with Crippen LogP contribution in [-0.2, 0) is 0 Å². The highest BCUT2D eigenvalue weighted by Crippen LogP contribution is 2.30. The fourth-order valence-corrected chi connectivity index (χ4v) is 4.59. The monoisotopic (exact) mass is 342 g/mol. The fourth-order valence-electron chi connectivity index (χ4n) is 2.19. The number of amides is 1. The quantitative estimate of drug-likeness (QED) is 0.546. The molecule has 0 saturated carbocycles. The molecule has 1 amide bonds. The fraction of sp³-hybridized carbons (Fsp3) is 0. The molecule has 22 heavy (non-hydrogen) atoms. The minimum Gasteiger partial charge on any atom is -0.298 e. The van der Waals surface area contributed by atoms with Crippen LogP contribution in [0.15, 0.2) is 52.5 Å². The van der Waals surface area contributed by atoms with Gasteiger partial charge in [-0.1, -0.05) is 24.3 Å². The Balaban J connectivity index is 1.60. The summed E-state index contributed by atoms with van der Waals surface area (Å²) in [5.74, 6) is -0.107. The normalized spacial score (nSPS) is 10.9. The highest BCUT2D eigenvalue weighted by Gasteiger charge is 2.14. The van der Waals surface area contributed by atoms with Crippen LogP contribution in [0.5, 0.6) is 0 Å². The number of nitrogens with zero attached hydrogens (tertiary/aromatic N) is 1. The molecule has 0 bridgehead atoms. The first-order chi connectivity index (χ1) is 10.8. The van der Waals surface area contributed by atoms with Gasteiger partial charge in [0.05, 0.1) is 16.1 Å². The van der Waals surface area contributed by atoms with Crippen LogP contribution in [0.4, 0.5) is 5.13 Å². The number of carbonyl (C=O) groups is 1. The maximum absolute atomic E-state index is 12.4. The van der Waals surface area contributed by atoms with Crippen molar-refractivity contribution in [1.82, 2.24) is 4.98 Å². The minimum absolute atomic E-state index is 0.107. The Morgan fingerprint density at radius 1 is 1.00 bits per heavy atom. The summed E-state index contributed by atoms with van der Waals surface area (Å²) in [6.07, 6.45) is 0. The van der Waals surface area contributed by atoms with Crippen LogP contribution in [0.2, 0.25) is 0 Å². The Morgan fingerprint density at radius 3 is 2.77 bits per heavy atom. The van der Waals surface area contributed by atoms with Crippen LogP contribution in [0.1, 0.15) is 10.4 Å². The van der Waals surface area contributed by atoms with E-state index in [1.807, 2.05) is 52.5 Å². The number of aromatic nitrogens is 1. The van der Waals surface area contributed by atoms with E-state index in [4.69, 9.17) is 0 Å². The van der Waals surface area contributed by atoms with E-state index in [1.54, 1.807) is 22.7 Å². The number of benzene rings is 1. The van der Waals surface area contributed by atoms with Crippen molar-refractivity contribution in [3.8, 4) is 10.6 Å². The van der Waals surface area contributed by atoms with Crippen molar-refractivity contribution in [2.75, 3.05) is 5.32 Å². The Kier molecular flexibility index (Phi) is 3.49. The van der Waals surface area contributed by atoms with Crippen LogP contribution >= 0.6 is 34.0 Å². The lowest BCUT2D eigenvalue weighted by Gasteiger charge is -2.00. The van der Waals surface area contributed by atoms with E-state index in [0.717, 1.165) is 20.7 Å². The molecule has 0 unspecified atom stereocenters. The van der Waals surface area contributed by atoms with Crippen molar-refractivity contribution in [2.45, 2.75) is 0 Å². The first-order valence-corrected chi connectivity index (χ1v) is 9.22. The SMILES string of the molecule is O=C(Nc1nc(-c2cccs2)cs1)c1csc2ccccc12. The second-order valence-electron chi connectivity index (χ2n) is 4.61. The molecule has 0 radical (unpaired) electrons. The largest absolute Gasteiger partial charge is 0.298 e. The Labute approximate surface area is 138 Å². The van der Waals surface area contributed by atoms with E-state index in [2.05, 4.69) is 10.3 Å². The van der Waals surface area contributed by atoms with Crippen LogP contribution in [0.3, 0.4) is 0 Å². The minimum atomic E-state index is -0.107. The molecule has 1 aromatic carbocycles. The average molecular weight is 342 g/mol. The average Bonchev–Trinajstić information content (AvgIpc) is 3.27. The number of hydrogen-bond donors (Lipinski definition) is 1. The number of anilines is 1. The zero-order chi connectivity index (χ0) is 14.9. The van der Waals surface area contributed by atoms with Crippen LogP contribution in [0, 0.1) is 0 Å². The lowest BCUT2D eigenvalue weighted by Crippen LogP contribution is -2.10. The zero-order valence-corrected chi connectivity index (χ0v) is 13.7. The van der Waals surface area contributed by atoms with E-state index < -0.39 is 0 Å². The van der Waals surface area contributed by atoms with Crippen molar-refractivity contribution in [2.24, 2.45) is 0 Å². The summed E-state index contributed by atoms with van der Waals surface area (Å²) < 4.78 is 1.12. The van der Waals surface area contributed by atoms with Crippen LogP contribution in [-0.4, -0.2) is 10.9 Å². The number of fused-ring (bicyclic) bond motifs is 1. The smallest absolute Gasteiger partial charge is 0.258 e. The molecule has 4 aromatic rings. The molecule has 0 aliphatic rings. The lowest BCUT2D eigenvalue weighted by molar-refractivity contribution is 0.102. The van der Waals surface area contributed by atoms with Crippen molar-refractivity contribution in [3.05, 3.63) is 58.1 Å². The van der Waals surface area contributed by atoms with Gasteiger partial charge >= 0.3 is 0 Å². The summed E-state index contributed by atoms with van der Waals surface area (Å²) in [6.45, 7) is 0. The first kappa shape index (κ1) is 13.6. The third kappa shape index (κ3) is 2.45. The van der Waals surface area contributed by atoms with Crippen molar-refractivity contribution < 1.29 is 4.79 Å². The number of thiazole rings is 1. The summed E-state index contributed by atoms with van der Waals surface area (Å²) in [6, 6.07) is 11.9. The van der Waals surface area contributed by atoms with Gasteiger partial charge in [-0.05, 0) is 17.5 Å². The molecule has 3 nitrogen and oxygen atoms in total. The van der Waals surface area contributed by atoms with Gasteiger partial charge in [0.25, 0.3) is 5.91 Å². The zero-order valence-electron chi connectivity index (χ0n) is 11.3. The third-order valence-electron chi connectivity index (χ3n) is 3.22. The maximum Gasteiger partial charge on any atom is 0.258 e. The number of carbonyl (C=O) groups excluding carboxylic acids is 1. The molecule has 3 aromatic heterocycles.